The molecule has 0 heterocycles. The van der Waals surface area contributed by atoms with Crippen molar-refractivity contribution >= 4 is 11.9 Å². The SMILES string of the molecule is CCC(C)(CC)C(C(=O)OC)C(=O)OC. The van der Waals surface area contributed by atoms with Gasteiger partial charge in [0.05, 0.1) is 14.2 Å². The summed E-state index contributed by atoms with van der Waals surface area (Å²) in [6.07, 6.45) is 1.44. The molecular weight excluding hydrogens is 196 g/mol. The molecule has 4 heteroatoms. The van der Waals surface area contributed by atoms with Gasteiger partial charge in [-0.1, -0.05) is 20.8 Å². The van der Waals surface area contributed by atoms with Crippen molar-refractivity contribution in [3.8, 4) is 0 Å². The van der Waals surface area contributed by atoms with Crippen LogP contribution in [-0.2, 0) is 19.1 Å². The van der Waals surface area contributed by atoms with Gasteiger partial charge in [-0.15, -0.1) is 0 Å². The Labute approximate surface area is 90.9 Å². The number of ether oxygens (including phenoxy) is 2. The minimum atomic E-state index is -0.831. The lowest BCUT2D eigenvalue weighted by Crippen LogP contribution is -2.40. The lowest BCUT2D eigenvalue weighted by atomic mass is 9.73. The molecule has 0 radical (unpaired) electrons. The van der Waals surface area contributed by atoms with Crippen molar-refractivity contribution in [1.82, 2.24) is 0 Å². The highest BCUT2D eigenvalue weighted by atomic mass is 16.5. The van der Waals surface area contributed by atoms with Crippen LogP contribution < -0.4 is 0 Å². The molecule has 0 aromatic carbocycles. The number of rotatable bonds is 5. The third kappa shape index (κ3) is 2.94. The van der Waals surface area contributed by atoms with Gasteiger partial charge in [0.2, 0.25) is 0 Å². The van der Waals surface area contributed by atoms with E-state index in [0.717, 1.165) is 12.8 Å². The zero-order chi connectivity index (χ0) is 12.1. The van der Waals surface area contributed by atoms with E-state index < -0.39 is 23.3 Å². The maximum atomic E-state index is 11.6. The predicted molar refractivity (Wildman–Crippen MR) is 56.2 cm³/mol. The summed E-state index contributed by atoms with van der Waals surface area (Å²) in [4.78, 5) is 23.1. The molecule has 0 bridgehead atoms. The molecule has 0 saturated carbocycles. The van der Waals surface area contributed by atoms with Gasteiger partial charge in [-0.05, 0) is 18.3 Å². The summed E-state index contributed by atoms with van der Waals surface area (Å²) in [5.41, 5.74) is -0.403. The summed E-state index contributed by atoms with van der Waals surface area (Å²) in [5.74, 6) is -1.87. The molecule has 0 atom stereocenters. The van der Waals surface area contributed by atoms with Gasteiger partial charge in [0.1, 0.15) is 0 Å². The van der Waals surface area contributed by atoms with Crippen LogP contribution in [0.5, 0.6) is 0 Å². The van der Waals surface area contributed by atoms with Crippen LogP contribution in [0, 0.1) is 11.3 Å². The van der Waals surface area contributed by atoms with Crippen LogP contribution in [0.4, 0.5) is 0 Å². The Morgan fingerprint density at radius 1 is 1.07 bits per heavy atom. The van der Waals surface area contributed by atoms with Crippen LogP contribution >= 0.6 is 0 Å². The molecule has 88 valence electrons. The molecule has 0 unspecified atom stereocenters. The number of methoxy groups -OCH3 is 2. The van der Waals surface area contributed by atoms with Crippen LogP contribution in [0.3, 0.4) is 0 Å². The first-order valence-corrected chi connectivity index (χ1v) is 5.12. The summed E-state index contributed by atoms with van der Waals surface area (Å²) in [6, 6.07) is 0. The van der Waals surface area contributed by atoms with E-state index in [-0.39, 0.29) is 0 Å². The molecule has 15 heavy (non-hydrogen) atoms. The summed E-state index contributed by atoms with van der Waals surface area (Å²) in [6.45, 7) is 5.79. The monoisotopic (exact) mass is 216 g/mol. The molecule has 0 aromatic heterocycles. The third-order valence-corrected chi connectivity index (χ3v) is 3.19. The van der Waals surface area contributed by atoms with E-state index >= 15 is 0 Å². The topological polar surface area (TPSA) is 52.6 Å². The van der Waals surface area contributed by atoms with E-state index in [2.05, 4.69) is 9.47 Å². The number of hydrogen-bond donors (Lipinski definition) is 0. The Balaban J connectivity index is 5.08. The van der Waals surface area contributed by atoms with Crippen molar-refractivity contribution in [3.05, 3.63) is 0 Å². The van der Waals surface area contributed by atoms with E-state index in [1.165, 1.54) is 14.2 Å². The quantitative estimate of drug-likeness (QED) is 0.519. The highest BCUT2D eigenvalue weighted by Gasteiger charge is 2.43. The zero-order valence-electron chi connectivity index (χ0n) is 10.1. The molecule has 0 aliphatic carbocycles. The Morgan fingerprint density at radius 2 is 1.40 bits per heavy atom. The smallest absolute Gasteiger partial charge is 0.320 e. The standard InChI is InChI=1S/C11H20O4/c1-6-11(3,7-2)8(9(12)14-4)10(13)15-5/h8H,6-7H2,1-5H3. The summed E-state index contributed by atoms with van der Waals surface area (Å²) < 4.78 is 9.29. The first-order valence-electron chi connectivity index (χ1n) is 5.12. The maximum absolute atomic E-state index is 11.6. The number of carbonyl (C=O) groups is 2. The molecule has 0 aliphatic heterocycles. The largest absolute Gasteiger partial charge is 0.468 e. The van der Waals surface area contributed by atoms with Crippen molar-refractivity contribution in [2.24, 2.45) is 11.3 Å². The average Bonchev–Trinajstić information content (AvgIpc) is 2.28. The van der Waals surface area contributed by atoms with E-state index in [1.807, 2.05) is 20.8 Å². The number of hydrogen-bond acceptors (Lipinski definition) is 4. The first-order chi connectivity index (χ1) is 6.96. The Kier molecular flexibility index (Phi) is 5.33. The van der Waals surface area contributed by atoms with Gasteiger partial charge in [0.15, 0.2) is 5.92 Å². The van der Waals surface area contributed by atoms with Gasteiger partial charge < -0.3 is 9.47 Å². The van der Waals surface area contributed by atoms with Crippen LogP contribution in [-0.4, -0.2) is 26.2 Å². The second kappa shape index (κ2) is 5.73. The molecule has 4 nitrogen and oxygen atoms in total. The highest BCUT2D eigenvalue weighted by Crippen LogP contribution is 2.36. The Hall–Kier alpha value is -1.06. The Bertz CT molecular complexity index is 215. The van der Waals surface area contributed by atoms with E-state index in [4.69, 9.17) is 0 Å². The minimum Gasteiger partial charge on any atom is -0.468 e. The van der Waals surface area contributed by atoms with E-state index in [9.17, 15) is 9.59 Å². The zero-order valence-corrected chi connectivity index (χ0v) is 10.1. The van der Waals surface area contributed by atoms with Gasteiger partial charge in [-0.3, -0.25) is 9.59 Å². The lowest BCUT2D eigenvalue weighted by molar-refractivity contribution is -0.165. The summed E-state index contributed by atoms with van der Waals surface area (Å²) in [7, 11) is 2.56. The fourth-order valence-corrected chi connectivity index (χ4v) is 1.56. The van der Waals surface area contributed by atoms with Crippen LogP contribution in [0.2, 0.25) is 0 Å². The highest BCUT2D eigenvalue weighted by molar-refractivity contribution is 5.95. The molecule has 0 N–H and O–H groups in total. The van der Waals surface area contributed by atoms with Crippen molar-refractivity contribution < 1.29 is 19.1 Å². The summed E-state index contributed by atoms with van der Waals surface area (Å²) in [5, 5.41) is 0. The van der Waals surface area contributed by atoms with Crippen LogP contribution in [0.15, 0.2) is 0 Å². The maximum Gasteiger partial charge on any atom is 0.320 e. The fraction of sp³-hybridized carbons (Fsp3) is 0.818. The molecule has 0 rings (SSSR count). The Morgan fingerprint density at radius 3 is 1.60 bits per heavy atom. The van der Waals surface area contributed by atoms with Crippen molar-refractivity contribution in [1.29, 1.82) is 0 Å². The molecule has 0 amide bonds. The van der Waals surface area contributed by atoms with Crippen LogP contribution in [0.1, 0.15) is 33.6 Å². The second-order valence-corrected chi connectivity index (χ2v) is 3.84. The van der Waals surface area contributed by atoms with Gasteiger partial charge >= 0.3 is 11.9 Å². The van der Waals surface area contributed by atoms with E-state index in [1.54, 1.807) is 0 Å². The fourth-order valence-electron chi connectivity index (χ4n) is 1.56. The van der Waals surface area contributed by atoms with Gasteiger partial charge in [0, 0.05) is 0 Å². The second-order valence-electron chi connectivity index (χ2n) is 3.84. The molecular formula is C11H20O4. The van der Waals surface area contributed by atoms with Gasteiger partial charge in [-0.25, -0.2) is 0 Å². The van der Waals surface area contributed by atoms with Gasteiger partial charge in [0.25, 0.3) is 0 Å². The molecule has 0 spiro atoms. The van der Waals surface area contributed by atoms with Gasteiger partial charge in [-0.2, -0.15) is 0 Å². The van der Waals surface area contributed by atoms with Crippen molar-refractivity contribution in [2.45, 2.75) is 33.6 Å². The number of esters is 2. The predicted octanol–water partition coefficient (Wildman–Crippen LogP) is 1.77. The van der Waals surface area contributed by atoms with E-state index in [0.29, 0.717) is 0 Å². The third-order valence-electron chi connectivity index (χ3n) is 3.19. The lowest BCUT2D eigenvalue weighted by Gasteiger charge is -2.32. The summed E-state index contributed by atoms with van der Waals surface area (Å²) >= 11 is 0. The van der Waals surface area contributed by atoms with Crippen LogP contribution in [0.25, 0.3) is 0 Å². The number of carbonyl (C=O) groups excluding carboxylic acids is 2. The van der Waals surface area contributed by atoms with Crippen molar-refractivity contribution in [2.75, 3.05) is 14.2 Å². The average molecular weight is 216 g/mol. The van der Waals surface area contributed by atoms with Crippen molar-refractivity contribution in [3.63, 3.8) is 0 Å². The first kappa shape index (κ1) is 13.9. The molecule has 0 fully saturated rings. The normalized spacial score (nSPS) is 11.3. The minimum absolute atomic E-state index is 0.403. The molecule has 0 aromatic rings. The molecule has 0 aliphatic rings. The molecule has 0 saturated heterocycles.